The van der Waals surface area contributed by atoms with E-state index in [2.05, 4.69) is 65.4 Å². The van der Waals surface area contributed by atoms with Crippen LogP contribution in [0.15, 0.2) is 72.9 Å². The highest BCUT2D eigenvalue weighted by Gasteiger charge is 2.10. The highest BCUT2D eigenvalue weighted by Crippen LogP contribution is 2.35. The first-order valence-corrected chi connectivity index (χ1v) is 8.39. The first-order valence-electron chi connectivity index (χ1n) is 7.58. The Kier molecular flexibility index (Phi) is 3.56. The van der Waals surface area contributed by atoms with Crippen LogP contribution >= 0.6 is 11.3 Å². The summed E-state index contributed by atoms with van der Waals surface area (Å²) in [5.74, 6) is 0.925. The predicted molar refractivity (Wildman–Crippen MR) is 97.5 cm³/mol. The Labute approximate surface area is 139 Å². The van der Waals surface area contributed by atoms with E-state index in [0.29, 0.717) is 0 Å². The third-order valence-corrected chi connectivity index (χ3v) is 5.04. The predicted octanol–water partition coefficient (Wildman–Crippen LogP) is 5.78. The number of rotatable bonds is 3. The van der Waals surface area contributed by atoms with Crippen molar-refractivity contribution in [2.75, 3.05) is 0 Å². The van der Waals surface area contributed by atoms with Crippen LogP contribution in [0.2, 0.25) is 0 Å². The Morgan fingerprint density at radius 1 is 0.826 bits per heavy atom. The average molecular weight is 316 g/mol. The number of aromatic amines is 1. The molecule has 0 amide bonds. The lowest BCUT2D eigenvalue weighted by molar-refractivity contribution is 1.33. The van der Waals surface area contributed by atoms with Crippen LogP contribution in [0.3, 0.4) is 0 Å². The van der Waals surface area contributed by atoms with Crippen LogP contribution in [0, 0.1) is 6.92 Å². The summed E-state index contributed by atoms with van der Waals surface area (Å²) in [5, 5.41) is 0. The summed E-state index contributed by atoms with van der Waals surface area (Å²) in [6.07, 6.45) is 1.90. The van der Waals surface area contributed by atoms with E-state index in [1.54, 1.807) is 11.3 Å². The van der Waals surface area contributed by atoms with Crippen molar-refractivity contribution in [3.05, 3.63) is 78.5 Å². The molecule has 2 aromatic heterocycles. The Hall–Kier alpha value is -2.65. The zero-order chi connectivity index (χ0) is 15.6. The van der Waals surface area contributed by atoms with Crippen LogP contribution in [0.4, 0.5) is 0 Å². The van der Waals surface area contributed by atoms with Gasteiger partial charge in [-0.3, -0.25) is 0 Å². The van der Waals surface area contributed by atoms with Crippen molar-refractivity contribution in [2.24, 2.45) is 0 Å². The summed E-state index contributed by atoms with van der Waals surface area (Å²) in [6, 6.07) is 23.1. The number of hydrogen-bond acceptors (Lipinski definition) is 2. The number of thiophene rings is 1. The summed E-state index contributed by atoms with van der Waals surface area (Å²) < 4.78 is 0. The fraction of sp³-hybridized carbons (Fsp3) is 0.0500. The molecule has 4 rings (SSSR count). The largest absolute Gasteiger partial charge is 0.337 e. The molecule has 0 fully saturated rings. The van der Waals surface area contributed by atoms with Crippen molar-refractivity contribution in [1.82, 2.24) is 9.97 Å². The molecule has 2 heterocycles. The minimum atomic E-state index is 0.925. The minimum absolute atomic E-state index is 0.925. The van der Waals surface area contributed by atoms with E-state index in [1.807, 2.05) is 24.4 Å². The summed E-state index contributed by atoms with van der Waals surface area (Å²) in [7, 11) is 0. The van der Waals surface area contributed by atoms with Crippen molar-refractivity contribution < 1.29 is 0 Å². The molecule has 4 aromatic rings. The van der Waals surface area contributed by atoms with Crippen LogP contribution in [0.25, 0.3) is 32.4 Å². The van der Waals surface area contributed by atoms with Gasteiger partial charge in [-0.1, -0.05) is 54.6 Å². The smallest absolute Gasteiger partial charge is 0.147 e. The highest BCUT2D eigenvalue weighted by atomic mass is 32.1. The van der Waals surface area contributed by atoms with Gasteiger partial charge in [0.2, 0.25) is 0 Å². The van der Waals surface area contributed by atoms with Crippen molar-refractivity contribution >= 4 is 11.3 Å². The number of imidazole rings is 1. The van der Waals surface area contributed by atoms with Gasteiger partial charge >= 0.3 is 0 Å². The third kappa shape index (κ3) is 2.71. The van der Waals surface area contributed by atoms with Gasteiger partial charge in [0.25, 0.3) is 0 Å². The van der Waals surface area contributed by atoms with Gasteiger partial charge in [0.1, 0.15) is 5.82 Å². The number of H-pyrrole nitrogens is 1. The monoisotopic (exact) mass is 316 g/mol. The normalized spacial score (nSPS) is 10.8. The number of benzene rings is 2. The Bertz CT molecular complexity index is 935. The molecule has 0 saturated heterocycles. The van der Waals surface area contributed by atoms with Gasteiger partial charge in [-0.05, 0) is 35.7 Å². The number of aryl methyl sites for hydroxylation is 1. The zero-order valence-corrected chi connectivity index (χ0v) is 13.6. The molecule has 1 N–H and O–H groups in total. The fourth-order valence-corrected chi connectivity index (χ4v) is 3.72. The molecule has 0 saturated carbocycles. The van der Waals surface area contributed by atoms with E-state index in [0.717, 1.165) is 22.0 Å². The quantitative estimate of drug-likeness (QED) is 0.510. The van der Waals surface area contributed by atoms with Crippen LogP contribution in [0.5, 0.6) is 0 Å². The fourth-order valence-electron chi connectivity index (χ4n) is 2.67. The molecule has 2 aromatic carbocycles. The van der Waals surface area contributed by atoms with Crippen molar-refractivity contribution in [2.45, 2.75) is 6.92 Å². The van der Waals surface area contributed by atoms with Crippen molar-refractivity contribution in [3.8, 4) is 32.4 Å². The second-order valence-electron chi connectivity index (χ2n) is 5.49. The highest BCUT2D eigenvalue weighted by molar-refractivity contribution is 7.18. The molecule has 0 bridgehead atoms. The molecule has 112 valence electrons. The van der Waals surface area contributed by atoms with Crippen LogP contribution in [0.1, 0.15) is 5.56 Å². The molecule has 0 radical (unpaired) electrons. The molecular formula is C20H16N2S. The van der Waals surface area contributed by atoms with E-state index < -0.39 is 0 Å². The Morgan fingerprint density at radius 3 is 2.39 bits per heavy atom. The Balaban J connectivity index is 1.68. The van der Waals surface area contributed by atoms with Crippen LogP contribution in [-0.2, 0) is 0 Å². The summed E-state index contributed by atoms with van der Waals surface area (Å²) in [5.41, 5.74) is 4.79. The first kappa shape index (κ1) is 14.0. The van der Waals surface area contributed by atoms with Crippen LogP contribution < -0.4 is 0 Å². The van der Waals surface area contributed by atoms with Gasteiger partial charge in [-0.2, -0.15) is 0 Å². The molecule has 0 aliphatic heterocycles. The van der Waals surface area contributed by atoms with Crippen LogP contribution in [-0.4, -0.2) is 9.97 Å². The molecule has 0 aliphatic carbocycles. The lowest BCUT2D eigenvalue weighted by atomic mass is 10.1. The summed E-state index contributed by atoms with van der Waals surface area (Å²) >= 11 is 1.77. The van der Waals surface area contributed by atoms with E-state index in [4.69, 9.17) is 0 Å². The number of aromatic nitrogens is 2. The molecule has 3 heteroatoms. The molecule has 0 spiro atoms. The van der Waals surface area contributed by atoms with Crippen molar-refractivity contribution in [3.63, 3.8) is 0 Å². The van der Waals surface area contributed by atoms with Crippen molar-refractivity contribution in [1.29, 1.82) is 0 Å². The molecule has 0 aliphatic rings. The average Bonchev–Trinajstić information content (AvgIpc) is 3.25. The minimum Gasteiger partial charge on any atom is -0.337 e. The lowest BCUT2D eigenvalue weighted by Crippen LogP contribution is -1.78. The van der Waals surface area contributed by atoms with Gasteiger partial charge in [0, 0.05) is 4.88 Å². The summed E-state index contributed by atoms with van der Waals surface area (Å²) in [6.45, 7) is 2.15. The summed E-state index contributed by atoms with van der Waals surface area (Å²) in [4.78, 5) is 10.4. The maximum Gasteiger partial charge on any atom is 0.147 e. The first-order chi connectivity index (χ1) is 11.3. The van der Waals surface area contributed by atoms with Gasteiger partial charge in [0.15, 0.2) is 0 Å². The van der Waals surface area contributed by atoms with Gasteiger partial charge in [-0.15, -0.1) is 11.3 Å². The van der Waals surface area contributed by atoms with Gasteiger partial charge in [-0.25, -0.2) is 4.98 Å². The number of hydrogen-bond donors (Lipinski definition) is 1. The maximum atomic E-state index is 4.55. The molecule has 0 atom stereocenters. The standard InChI is InChI=1S/C20H16N2S/c1-14-7-5-6-10-16(14)18-11-12-19(23-18)20-21-13-17(22-20)15-8-3-2-4-9-15/h2-13H,1H3,(H,21,22). The SMILES string of the molecule is Cc1ccccc1-c1ccc(-c2ncc(-c3ccccc3)[nH]2)s1. The molecular weight excluding hydrogens is 300 g/mol. The zero-order valence-electron chi connectivity index (χ0n) is 12.8. The van der Waals surface area contributed by atoms with Gasteiger partial charge < -0.3 is 4.98 Å². The van der Waals surface area contributed by atoms with E-state index in [-0.39, 0.29) is 0 Å². The van der Waals surface area contributed by atoms with E-state index >= 15 is 0 Å². The molecule has 0 unspecified atom stereocenters. The third-order valence-electron chi connectivity index (χ3n) is 3.91. The topological polar surface area (TPSA) is 28.7 Å². The van der Waals surface area contributed by atoms with Gasteiger partial charge in [0.05, 0.1) is 16.8 Å². The molecule has 23 heavy (non-hydrogen) atoms. The second kappa shape index (κ2) is 5.86. The maximum absolute atomic E-state index is 4.55. The van der Waals surface area contributed by atoms with E-state index in [9.17, 15) is 0 Å². The second-order valence-corrected chi connectivity index (χ2v) is 6.57. The number of nitrogens with zero attached hydrogens (tertiary/aromatic N) is 1. The Morgan fingerprint density at radius 2 is 1.57 bits per heavy atom. The molecule has 2 nitrogen and oxygen atoms in total. The number of nitrogens with one attached hydrogen (secondary N) is 1. The van der Waals surface area contributed by atoms with E-state index in [1.165, 1.54) is 16.0 Å². The lowest BCUT2D eigenvalue weighted by Gasteiger charge is -2.01.